The lowest BCUT2D eigenvalue weighted by Crippen LogP contribution is -2.04. The molecule has 0 aromatic carbocycles. The van der Waals surface area contributed by atoms with Crippen LogP contribution in [0.3, 0.4) is 0 Å². The van der Waals surface area contributed by atoms with E-state index in [1.807, 2.05) is 20.8 Å². The van der Waals surface area contributed by atoms with Crippen LogP contribution in [0.2, 0.25) is 0 Å². The first-order chi connectivity index (χ1) is 11.5. The van der Waals surface area contributed by atoms with Crippen molar-refractivity contribution in [3.8, 4) is 11.4 Å². The van der Waals surface area contributed by atoms with Gasteiger partial charge in [-0.1, -0.05) is 12.1 Å². The van der Waals surface area contributed by atoms with E-state index in [4.69, 9.17) is 15.7 Å². The third-order valence-corrected chi connectivity index (χ3v) is 3.71. The molecular formula is C15H18N8O. The minimum Gasteiger partial charge on any atom is -0.383 e. The van der Waals surface area contributed by atoms with Crippen LogP contribution in [0, 0.1) is 5.41 Å². The summed E-state index contributed by atoms with van der Waals surface area (Å²) < 4.78 is 7.12. The van der Waals surface area contributed by atoms with E-state index in [1.54, 1.807) is 4.68 Å². The maximum atomic E-state index is 8.06. The largest absolute Gasteiger partial charge is 0.383 e. The van der Waals surface area contributed by atoms with E-state index in [0.29, 0.717) is 46.0 Å². The SMILES string of the molecule is C=NC(=N)c1c(-c2nn(C(C)C)c3ncnc(N)c23)noc1CC. The molecular weight excluding hydrogens is 308 g/mol. The molecule has 9 nitrogen and oxygen atoms in total. The molecule has 0 aliphatic rings. The number of hydrogen-bond donors (Lipinski definition) is 2. The molecule has 0 spiro atoms. The first-order valence-electron chi connectivity index (χ1n) is 7.52. The van der Waals surface area contributed by atoms with E-state index >= 15 is 0 Å². The summed E-state index contributed by atoms with van der Waals surface area (Å²) in [5.74, 6) is 0.822. The second-order valence-corrected chi connectivity index (χ2v) is 5.53. The predicted molar refractivity (Wildman–Crippen MR) is 91.4 cm³/mol. The molecule has 0 unspecified atom stereocenters. The maximum absolute atomic E-state index is 8.06. The Morgan fingerprint density at radius 1 is 1.42 bits per heavy atom. The molecule has 0 saturated heterocycles. The van der Waals surface area contributed by atoms with Gasteiger partial charge in [-0.3, -0.25) is 5.41 Å². The predicted octanol–water partition coefficient (Wildman–Crippen LogP) is 2.23. The average Bonchev–Trinajstić information content (AvgIpc) is 3.15. The minimum atomic E-state index is -0.0224. The van der Waals surface area contributed by atoms with Crippen molar-refractivity contribution in [2.45, 2.75) is 33.2 Å². The highest BCUT2D eigenvalue weighted by Gasteiger charge is 2.26. The van der Waals surface area contributed by atoms with Crippen LogP contribution in [0.15, 0.2) is 15.8 Å². The Kier molecular flexibility index (Phi) is 3.84. The molecule has 0 amide bonds. The second kappa shape index (κ2) is 5.84. The molecule has 0 aliphatic carbocycles. The Morgan fingerprint density at radius 3 is 2.79 bits per heavy atom. The summed E-state index contributed by atoms with van der Waals surface area (Å²) in [7, 11) is 0. The van der Waals surface area contributed by atoms with Gasteiger partial charge in [0.1, 0.15) is 29.3 Å². The summed E-state index contributed by atoms with van der Waals surface area (Å²) >= 11 is 0. The van der Waals surface area contributed by atoms with Gasteiger partial charge in [-0.05, 0) is 20.6 Å². The van der Waals surface area contributed by atoms with Crippen molar-refractivity contribution in [1.82, 2.24) is 24.9 Å². The number of aromatic nitrogens is 5. The lowest BCUT2D eigenvalue weighted by molar-refractivity contribution is 0.388. The van der Waals surface area contributed by atoms with E-state index in [2.05, 4.69) is 31.9 Å². The smallest absolute Gasteiger partial charge is 0.164 e. The number of fused-ring (bicyclic) bond motifs is 1. The Balaban J connectivity index is 2.38. The summed E-state index contributed by atoms with van der Waals surface area (Å²) in [6, 6.07) is 0.0635. The summed E-state index contributed by atoms with van der Waals surface area (Å²) in [5.41, 5.74) is 8.00. The van der Waals surface area contributed by atoms with E-state index < -0.39 is 0 Å². The molecule has 0 radical (unpaired) electrons. The Hall–Kier alpha value is -3.10. The van der Waals surface area contributed by atoms with Crippen LogP contribution >= 0.6 is 0 Å². The first kappa shape index (κ1) is 15.8. The zero-order valence-electron chi connectivity index (χ0n) is 13.7. The van der Waals surface area contributed by atoms with Gasteiger partial charge in [0.05, 0.1) is 10.9 Å². The lowest BCUT2D eigenvalue weighted by Gasteiger charge is -2.05. The van der Waals surface area contributed by atoms with Crippen molar-refractivity contribution in [2.75, 3.05) is 5.73 Å². The molecule has 24 heavy (non-hydrogen) atoms. The Labute approximate surface area is 138 Å². The van der Waals surface area contributed by atoms with Crippen LogP contribution in [0.25, 0.3) is 22.4 Å². The van der Waals surface area contributed by atoms with Crippen LogP contribution in [0.5, 0.6) is 0 Å². The van der Waals surface area contributed by atoms with Crippen LogP contribution in [-0.4, -0.2) is 37.5 Å². The summed E-state index contributed by atoms with van der Waals surface area (Å²) in [5, 5.41) is 17.3. The fourth-order valence-corrected chi connectivity index (χ4v) is 2.57. The standard InChI is InChI=1S/C15H18N8O/c1-5-8-9(13(16)18-4)12(22-24-8)11-10-14(17)19-6-20-15(10)23(21-11)7(2)3/h6-7,16H,4-5H2,1-3H3,(H2,17,19,20). The van der Waals surface area contributed by atoms with E-state index in [0.717, 1.165) is 0 Å². The second-order valence-electron chi connectivity index (χ2n) is 5.53. The molecule has 0 atom stereocenters. The molecule has 3 heterocycles. The Bertz CT molecular complexity index is 936. The third-order valence-electron chi connectivity index (χ3n) is 3.71. The van der Waals surface area contributed by atoms with Crippen LogP contribution in [0.4, 0.5) is 5.82 Å². The van der Waals surface area contributed by atoms with Crippen molar-refractivity contribution in [1.29, 1.82) is 5.41 Å². The van der Waals surface area contributed by atoms with Gasteiger partial charge in [-0.2, -0.15) is 5.10 Å². The third kappa shape index (κ3) is 2.25. The molecule has 9 heteroatoms. The van der Waals surface area contributed by atoms with E-state index in [9.17, 15) is 0 Å². The summed E-state index contributed by atoms with van der Waals surface area (Å²) in [4.78, 5) is 12.1. The molecule has 3 aromatic heterocycles. The molecule has 3 rings (SSSR count). The van der Waals surface area contributed by atoms with Crippen molar-refractivity contribution >= 4 is 29.4 Å². The van der Waals surface area contributed by atoms with Crippen molar-refractivity contribution in [2.24, 2.45) is 4.99 Å². The topological polar surface area (TPSA) is 132 Å². The number of aliphatic imine (C=N–C) groups is 1. The number of rotatable bonds is 4. The monoisotopic (exact) mass is 326 g/mol. The van der Waals surface area contributed by atoms with Crippen LogP contribution in [0.1, 0.15) is 38.1 Å². The molecule has 0 saturated carbocycles. The van der Waals surface area contributed by atoms with Crippen molar-refractivity contribution in [3.05, 3.63) is 17.7 Å². The number of nitrogens with one attached hydrogen (secondary N) is 1. The van der Waals surface area contributed by atoms with Gasteiger partial charge in [0.25, 0.3) is 0 Å². The number of nitrogens with two attached hydrogens (primary N) is 1. The number of amidine groups is 1. The Morgan fingerprint density at radius 2 is 2.17 bits per heavy atom. The first-order valence-corrected chi connectivity index (χ1v) is 7.52. The van der Waals surface area contributed by atoms with Gasteiger partial charge >= 0.3 is 0 Å². The van der Waals surface area contributed by atoms with Crippen LogP contribution in [-0.2, 0) is 6.42 Å². The zero-order chi connectivity index (χ0) is 17.4. The molecule has 0 fully saturated rings. The van der Waals surface area contributed by atoms with Crippen LogP contribution < -0.4 is 5.73 Å². The number of hydrogen-bond acceptors (Lipinski definition) is 7. The van der Waals surface area contributed by atoms with Gasteiger partial charge in [0.2, 0.25) is 0 Å². The molecule has 124 valence electrons. The lowest BCUT2D eigenvalue weighted by atomic mass is 10.1. The fraction of sp³-hybridized carbons (Fsp3) is 0.333. The molecule has 0 bridgehead atoms. The normalized spacial score (nSPS) is 11.3. The van der Waals surface area contributed by atoms with Gasteiger partial charge < -0.3 is 10.3 Å². The average molecular weight is 326 g/mol. The van der Waals surface area contributed by atoms with Gasteiger partial charge in [0, 0.05) is 12.5 Å². The van der Waals surface area contributed by atoms with E-state index in [-0.39, 0.29) is 11.9 Å². The van der Waals surface area contributed by atoms with Gasteiger partial charge in [-0.15, -0.1) is 0 Å². The zero-order valence-corrected chi connectivity index (χ0v) is 13.7. The number of aryl methyl sites for hydroxylation is 1. The highest BCUT2D eigenvalue weighted by Crippen LogP contribution is 2.34. The molecule has 0 aliphatic heterocycles. The highest BCUT2D eigenvalue weighted by atomic mass is 16.5. The minimum absolute atomic E-state index is 0.0224. The highest BCUT2D eigenvalue weighted by molar-refractivity contribution is 6.08. The van der Waals surface area contributed by atoms with Gasteiger partial charge in [-0.25, -0.2) is 19.6 Å². The quantitative estimate of drug-likeness (QED) is 0.558. The number of anilines is 1. The molecule has 3 N–H and O–H groups in total. The maximum Gasteiger partial charge on any atom is 0.164 e. The number of nitrogen functional groups attached to an aromatic ring is 1. The van der Waals surface area contributed by atoms with Crippen molar-refractivity contribution < 1.29 is 4.52 Å². The fourth-order valence-electron chi connectivity index (χ4n) is 2.57. The molecule has 3 aromatic rings. The van der Waals surface area contributed by atoms with Crippen molar-refractivity contribution in [3.63, 3.8) is 0 Å². The van der Waals surface area contributed by atoms with E-state index in [1.165, 1.54) is 6.33 Å². The summed E-state index contributed by atoms with van der Waals surface area (Å²) in [6.07, 6.45) is 1.96. The number of nitrogens with zero attached hydrogens (tertiary/aromatic N) is 6. The van der Waals surface area contributed by atoms with Gasteiger partial charge in [0.15, 0.2) is 11.5 Å². The summed E-state index contributed by atoms with van der Waals surface area (Å²) in [6.45, 7) is 9.31.